The topological polar surface area (TPSA) is 34.9 Å². The molecule has 0 unspecified atom stereocenters. The van der Waals surface area contributed by atoms with Crippen molar-refractivity contribution in [3.63, 3.8) is 0 Å². The van der Waals surface area contributed by atoms with Crippen molar-refractivity contribution in [3.8, 4) is 0 Å². The van der Waals surface area contributed by atoms with E-state index in [2.05, 4.69) is 5.10 Å². The van der Waals surface area contributed by atoms with Gasteiger partial charge in [0, 0.05) is 0 Å². The maximum Gasteiger partial charge on any atom is 0.288 e. The molecule has 0 aliphatic rings. The van der Waals surface area contributed by atoms with Gasteiger partial charge in [0.2, 0.25) is 0 Å². The van der Waals surface area contributed by atoms with Crippen LogP contribution in [0.2, 0.25) is 5.02 Å². The molecular formula is C10H9ClN2OS. The van der Waals surface area contributed by atoms with Gasteiger partial charge >= 0.3 is 0 Å². The van der Waals surface area contributed by atoms with E-state index in [1.54, 1.807) is 19.9 Å². The minimum Gasteiger partial charge on any atom is -0.266 e. The first-order chi connectivity index (χ1) is 7.11. The third kappa shape index (κ3) is 1.70. The first-order valence-electron chi connectivity index (χ1n) is 4.41. The molecule has 0 radical (unpaired) electrons. The maximum atomic E-state index is 11.9. The van der Waals surface area contributed by atoms with E-state index in [1.165, 1.54) is 16.0 Å². The zero-order valence-corrected chi connectivity index (χ0v) is 9.89. The molecule has 0 spiro atoms. The Kier molecular flexibility index (Phi) is 2.63. The molecular weight excluding hydrogens is 232 g/mol. The summed E-state index contributed by atoms with van der Waals surface area (Å²) in [6.45, 7) is 3.57. The fourth-order valence-corrected chi connectivity index (χ4v) is 2.09. The monoisotopic (exact) mass is 240 g/mol. The smallest absolute Gasteiger partial charge is 0.266 e. The Hall–Kier alpha value is -1.13. The highest BCUT2D eigenvalue weighted by atomic mass is 35.5. The van der Waals surface area contributed by atoms with Gasteiger partial charge in [-0.1, -0.05) is 17.7 Å². The highest BCUT2D eigenvalue weighted by Crippen LogP contribution is 2.20. The quantitative estimate of drug-likeness (QED) is 0.768. The van der Waals surface area contributed by atoms with E-state index < -0.39 is 0 Å². The molecule has 3 nitrogen and oxygen atoms in total. The first-order valence-corrected chi connectivity index (χ1v) is 5.67. The molecule has 0 saturated carbocycles. The van der Waals surface area contributed by atoms with E-state index in [0.717, 1.165) is 0 Å². The van der Waals surface area contributed by atoms with Crippen molar-refractivity contribution in [2.24, 2.45) is 0 Å². The number of thiophene rings is 1. The number of rotatable bonds is 1. The Morgan fingerprint density at radius 3 is 2.73 bits per heavy atom. The number of hydrogen-bond donors (Lipinski definition) is 0. The van der Waals surface area contributed by atoms with E-state index in [4.69, 9.17) is 11.6 Å². The van der Waals surface area contributed by atoms with Gasteiger partial charge in [-0.3, -0.25) is 4.79 Å². The Labute approximate surface area is 96.3 Å². The van der Waals surface area contributed by atoms with Gasteiger partial charge in [0.25, 0.3) is 5.91 Å². The largest absolute Gasteiger partial charge is 0.288 e. The lowest BCUT2D eigenvalue weighted by atomic mass is 10.4. The number of carbonyl (C=O) groups excluding carboxylic acids is 1. The Bertz CT molecular complexity index is 502. The number of aryl methyl sites for hydroxylation is 1. The van der Waals surface area contributed by atoms with Crippen molar-refractivity contribution >= 4 is 28.8 Å². The van der Waals surface area contributed by atoms with Crippen LogP contribution < -0.4 is 0 Å². The molecule has 0 bridgehead atoms. The first kappa shape index (κ1) is 10.4. The number of nitrogens with zero attached hydrogens (tertiary/aromatic N) is 2. The predicted molar refractivity (Wildman–Crippen MR) is 60.8 cm³/mol. The lowest BCUT2D eigenvalue weighted by Gasteiger charge is -1.99. The van der Waals surface area contributed by atoms with E-state index >= 15 is 0 Å². The molecule has 2 rings (SSSR count). The predicted octanol–water partition coefficient (Wildman–Crippen LogP) is 2.90. The number of carbonyl (C=O) groups is 1. The second kappa shape index (κ2) is 3.79. The van der Waals surface area contributed by atoms with Gasteiger partial charge in [0.05, 0.1) is 21.3 Å². The van der Waals surface area contributed by atoms with Crippen molar-refractivity contribution in [1.29, 1.82) is 0 Å². The summed E-state index contributed by atoms with van der Waals surface area (Å²) in [5.41, 5.74) is 1.37. The number of aromatic nitrogens is 2. The van der Waals surface area contributed by atoms with Crippen molar-refractivity contribution in [2.75, 3.05) is 0 Å². The van der Waals surface area contributed by atoms with E-state index in [-0.39, 0.29) is 5.91 Å². The van der Waals surface area contributed by atoms with Crippen LogP contribution in [0.25, 0.3) is 0 Å². The highest BCUT2D eigenvalue weighted by Gasteiger charge is 2.16. The van der Waals surface area contributed by atoms with Gasteiger partial charge in [-0.2, -0.15) is 9.78 Å². The number of hydrogen-bond acceptors (Lipinski definition) is 3. The molecule has 15 heavy (non-hydrogen) atoms. The summed E-state index contributed by atoms with van der Waals surface area (Å²) in [6, 6.07) is 3.61. The molecule has 78 valence electrons. The minimum atomic E-state index is -0.127. The third-order valence-corrected chi connectivity index (χ3v) is 3.53. The molecule has 2 aromatic heterocycles. The second-order valence-corrected chi connectivity index (χ2v) is 4.50. The van der Waals surface area contributed by atoms with Crippen LogP contribution in [0.4, 0.5) is 0 Å². The fraction of sp³-hybridized carbons (Fsp3) is 0.200. The van der Waals surface area contributed by atoms with Crippen molar-refractivity contribution in [2.45, 2.75) is 13.8 Å². The van der Waals surface area contributed by atoms with E-state index in [9.17, 15) is 4.79 Å². The average Bonchev–Trinajstić information content (AvgIpc) is 2.82. The van der Waals surface area contributed by atoms with E-state index in [0.29, 0.717) is 21.3 Å². The standard InChI is InChI=1S/C10H9ClN2OS/c1-6-9(11)7(2)13(12-6)10(14)8-4-3-5-15-8/h3-5H,1-2H3. The third-order valence-electron chi connectivity index (χ3n) is 2.13. The molecule has 0 aliphatic heterocycles. The average molecular weight is 241 g/mol. The van der Waals surface area contributed by atoms with Crippen LogP contribution in [0, 0.1) is 13.8 Å². The Morgan fingerprint density at radius 2 is 2.27 bits per heavy atom. The Morgan fingerprint density at radius 1 is 1.53 bits per heavy atom. The zero-order valence-electron chi connectivity index (χ0n) is 8.32. The summed E-state index contributed by atoms with van der Waals surface area (Å²) < 4.78 is 1.35. The van der Waals surface area contributed by atoms with Crippen LogP contribution in [0.15, 0.2) is 17.5 Å². The van der Waals surface area contributed by atoms with Gasteiger partial charge in [-0.25, -0.2) is 0 Å². The summed E-state index contributed by atoms with van der Waals surface area (Å²) >= 11 is 7.37. The SMILES string of the molecule is Cc1nn(C(=O)c2cccs2)c(C)c1Cl. The molecule has 2 heterocycles. The molecule has 0 aliphatic carbocycles. The van der Waals surface area contributed by atoms with Crippen LogP contribution >= 0.6 is 22.9 Å². The van der Waals surface area contributed by atoms with Crippen LogP contribution in [0.3, 0.4) is 0 Å². The zero-order chi connectivity index (χ0) is 11.0. The van der Waals surface area contributed by atoms with Crippen molar-refractivity contribution in [1.82, 2.24) is 9.78 Å². The molecule has 0 N–H and O–H groups in total. The summed E-state index contributed by atoms with van der Waals surface area (Å²) in [6.07, 6.45) is 0. The van der Waals surface area contributed by atoms with Crippen molar-refractivity contribution in [3.05, 3.63) is 38.8 Å². The maximum absolute atomic E-state index is 11.9. The van der Waals surface area contributed by atoms with Gasteiger partial charge < -0.3 is 0 Å². The molecule has 0 saturated heterocycles. The highest BCUT2D eigenvalue weighted by molar-refractivity contribution is 7.12. The number of halogens is 1. The normalized spacial score (nSPS) is 10.6. The van der Waals surface area contributed by atoms with Crippen LogP contribution in [-0.2, 0) is 0 Å². The van der Waals surface area contributed by atoms with Crippen LogP contribution in [0.5, 0.6) is 0 Å². The van der Waals surface area contributed by atoms with Gasteiger partial charge in [0.1, 0.15) is 0 Å². The second-order valence-electron chi connectivity index (χ2n) is 3.18. The molecule has 2 aromatic rings. The molecule has 0 atom stereocenters. The van der Waals surface area contributed by atoms with Crippen LogP contribution in [0.1, 0.15) is 21.1 Å². The summed E-state index contributed by atoms with van der Waals surface area (Å²) in [5.74, 6) is -0.127. The van der Waals surface area contributed by atoms with Gasteiger partial charge in [-0.15, -0.1) is 11.3 Å². The van der Waals surface area contributed by atoms with Gasteiger partial charge in [0.15, 0.2) is 0 Å². The van der Waals surface area contributed by atoms with Gasteiger partial charge in [-0.05, 0) is 25.3 Å². The minimum absolute atomic E-state index is 0.127. The van der Waals surface area contributed by atoms with Crippen LogP contribution in [-0.4, -0.2) is 15.7 Å². The molecule has 5 heteroatoms. The molecule has 0 fully saturated rings. The molecule has 0 aromatic carbocycles. The van der Waals surface area contributed by atoms with E-state index in [1.807, 2.05) is 11.4 Å². The molecule has 0 amide bonds. The summed E-state index contributed by atoms with van der Waals surface area (Å²) in [7, 11) is 0. The Balaban J connectivity index is 2.47. The fourth-order valence-electron chi connectivity index (χ4n) is 1.33. The lowest BCUT2D eigenvalue weighted by molar-refractivity contribution is 0.0946. The lowest BCUT2D eigenvalue weighted by Crippen LogP contribution is -2.13. The summed E-state index contributed by atoms with van der Waals surface area (Å²) in [5, 5.41) is 6.52. The summed E-state index contributed by atoms with van der Waals surface area (Å²) in [4.78, 5) is 12.6. The van der Waals surface area contributed by atoms with Crippen molar-refractivity contribution < 1.29 is 4.79 Å².